The molecule has 9 heteroatoms. The summed E-state index contributed by atoms with van der Waals surface area (Å²) in [6.45, 7) is 0. The van der Waals surface area contributed by atoms with Gasteiger partial charge in [-0.1, -0.05) is 23.2 Å². The third-order valence-corrected chi connectivity index (χ3v) is 3.43. The number of hydrogen-bond donors (Lipinski definition) is 0. The standard InChI is InChI=1S/C11H5Cl3F4N2/c12-4-6-9(11(16,17)18)19-20(10(6)14)5-1-2-7(13)8(15)3-5/h1-3H,4H2. The highest BCUT2D eigenvalue weighted by Crippen LogP contribution is 2.36. The van der Waals surface area contributed by atoms with Gasteiger partial charge in [-0.15, -0.1) is 11.6 Å². The minimum absolute atomic E-state index is 0.0127. The zero-order chi connectivity index (χ0) is 15.1. The fraction of sp³-hybridized carbons (Fsp3) is 0.182. The lowest BCUT2D eigenvalue weighted by molar-refractivity contribution is -0.141. The normalized spacial score (nSPS) is 11.9. The van der Waals surface area contributed by atoms with Crippen LogP contribution < -0.4 is 0 Å². The van der Waals surface area contributed by atoms with Crippen LogP contribution in [0.5, 0.6) is 0 Å². The van der Waals surface area contributed by atoms with Crippen molar-refractivity contribution in [3.05, 3.63) is 45.4 Å². The quantitative estimate of drug-likeness (QED) is 0.547. The Bertz CT molecular complexity index is 652. The van der Waals surface area contributed by atoms with E-state index >= 15 is 0 Å². The van der Waals surface area contributed by atoms with Gasteiger partial charge in [-0.25, -0.2) is 9.07 Å². The third-order valence-electron chi connectivity index (χ3n) is 2.47. The van der Waals surface area contributed by atoms with Crippen molar-refractivity contribution in [3.63, 3.8) is 0 Å². The number of benzene rings is 1. The molecule has 2 rings (SSSR count). The average molecular weight is 348 g/mol. The van der Waals surface area contributed by atoms with Crippen LogP contribution in [-0.2, 0) is 12.1 Å². The van der Waals surface area contributed by atoms with E-state index in [2.05, 4.69) is 5.10 Å². The Morgan fingerprint density at radius 2 is 1.85 bits per heavy atom. The molecule has 0 N–H and O–H groups in total. The molecule has 20 heavy (non-hydrogen) atoms. The monoisotopic (exact) mass is 346 g/mol. The highest BCUT2D eigenvalue weighted by molar-refractivity contribution is 6.32. The molecule has 2 nitrogen and oxygen atoms in total. The van der Waals surface area contributed by atoms with Crippen molar-refractivity contribution in [1.82, 2.24) is 9.78 Å². The Labute approximate surface area is 125 Å². The minimum atomic E-state index is -4.70. The Morgan fingerprint density at radius 1 is 1.20 bits per heavy atom. The van der Waals surface area contributed by atoms with Crippen LogP contribution >= 0.6 is 34.8 Å². The van der Waals surface area contributed by atoms with Gasteiger partial charge in [0, 0.05) is 11.6 Å². The molecule has 1 aromatic carbocycles. The van der Waals surface area contributed by atoms with Gasteiger partial charge in [-0.2, -0.15) is 18.3 Å². The van der Waals surface area contributed by atoms with E-state index in [1.165, 1.54) is 12.1 Å². The fourth-order valence-electron chi connectivity index (χ4n) is 1.56. The minimum Gasteiger partial charge on any atom is -0.221 e. The summed E-state index contributed by atoms with van der Waals surface area (Å²) in [6, 6.07) is 3.42. The Kier molecular flexibility index (Phi) is 4.18. The molecule has 0 aliphatic carbocycles. The highest BCUT2D eigenvalue weighted by atomic mass is 35.5. The smallest absolute Gasteiger partial charge is 0.221 e. The van der Waals surface area contributed by atoms with Crippen molar-refractivity contribution in [3.8, 4) is 5.69 Å². The number of hydrogen-bond acceptors (Lipinski definition) is 1. The maximum atomic E-state index is 13.4. The summed E-state index contributed by atoms with van der Waals surface area (Å²) >= 11 is 16.8. The zero-order valence-electron chi connectivity index (χ0n) is 9.48. The summed E-state index contributed by atoms with van der Waals surface area (Å²) in [5, 5.41) is 2.87. The van der Waals surface area contributed by atoms with Crippen LogP contribution in [0.25, 0.3) is 5.69 Å². The van der Waals surface area contributed by atoms with E-state index in [1.54, 1.807) is 0 Å². The van der Waals surface area contributed by atoms with Gasteiger partial charge in [0.05, 0.1) is 16.6 Å². The molecule has 0 radical (unpaired) electrons. The van der Waals surface area contributed by atoms with Gasteiger partial charge in [-0.05, 0) is 12.1 Å². The Morgan fingerprint density at radius 3 is 2.30 bits per heavy atom. The summed E-state index contributed by atoms with van der Waals surface area (Å²) in [7, 11) is 0. The molecule has 0 atom stereocenters. The molecule has 2 aromatic rings. The summed E-state index contributed by atoms with van der Waals surface area (Å²) in [5.41, 5.74) is -1.55. The van der Waals surface area contributed by atoms with E-state index in [9.17, 15) is 17.6 Å². The SMILES string of the molecule is Fc1cc(-n2nc(C(F)(F)F)c(CCl)c2Cl)ccc1Cl. The number of halogens is 7. The molecular weight excluding hydrogens is 342 g/mol. The van der Waals surface area contributed by atoms with E-state index in [4.69, 9.17) is 34.8 Å². The van der Waals surface area contributed by atoms with Crippen LogP contribution in [0.2, 0.25) is 10.2 Å². The van der Waals surface area contributed by atoms with Crippen LogP contribution in [0, 0.1) is 5.82 Å². The van der Waals surface area contributed by atoms with Crippen LogP contribution in [0.15, 0.2) is 18.2 Å². The van der Waals surface area contributed by atoms with Crippen molar-refractivity contribution in [2.24, 2.45) is 0 Å². The molecule has 0 amide bonds. The van der Waals surface area contributed by atoms with Gasteiger partial charge in [0.15, 0.2) is 5.69 Å². The van der Waals surface area contributed by atoms with Crippen molar-refractivity contribution >= 4 is 34.8 Å². The van der Waals surface area contributed by atoms with E-state index in [0.717, 1.165) is 10.7 Å². The lowest BCUT2D eigenvalue weighted by Gasteiger charge is -2.04. The van der Waals surface area contributed by atoms with Gasteiger partial charge in [0.25, 0.3) is 0 Å². The third kappa shape index (κ3) is 2.73. The largest absolute Gasteiger partial charge is 0.435 e. The molecule has 0 aliphatic heterocycles. The van der Waals surface area contributed by atoms with Crippen LogP contribution in [0.4, 0.5) is 17.6 Å². The molecule has 0 saturated carbocycles. The van der Waals surface area contributed by atoms with Crippen LogP contribution in [-0.4, -0.2) is 9.78 Å². The second-order valence-electron chi connectivity index (χ2n) is 3.76. The maximum Gasteiger partial charge on any atom is 0.435 e. The van der Waals surface area contributed by atoms with Gasteiger partial charge in [0.2, 0.25) is 0 Å². The summed E-state index contributed by atoms with van der Waals surface area (Å²) in [4.78, 5) is 0. The van der Waals surface area contributed by atoms with Crippen molar-refractivity contribution in [1.29, 1.82) is 0 Å². The molecule has 1 heterocycles. The van der Waals surface area contributed by atoms with Gasteiger partial charge >= 0.3 is 6.18 Å². The van der Waals surface area contributed by atoms with E-state index in [-0.39, 0.29) is 21.4 Å². The molecule has 0 bridgehead atoms. The molecule has 0 fully saturated rings. The first kappa shape index (κ1) is 15.4. The molecular formula is C11H5Cl3F4N2. The molecule has 0 saturated heterocycles. The summed E-state index contributed by atoms with van der Waals surface area (Å²) in [6.07, 6.45) is -4.70. The van der Waals surface area contributed by atoms with Crippen molar-refractivity contribution in [2.45, 2.75) is 12.1 Å². The van der Waals surface area contributed by atoms with Crippen molar-refractivity contribution < 1.29 is 17.6 Å². The first-order valence-corrected chi connectivity index (χ1v) is 6.40. The second kappa shape index (κ2) is 5.42. The molecule has 0 spiro atoms. The summed E-state index contributed by atoms with van der Waals surface area (Å²) < 4.78 is 52.5. The predicted molar refractivity (Wildman–Crippen MR) is 68.1 cm³/mol. The predicted octanol–water partition coefficient (Wildman–Crippen LogP) is 5.08. The molecule has 1 aromatic heterocycles. The first-order valence-electron chi connectivity index (χ1n) is 5.11. The number of alkyl halides is 4. The molecule has 108 valence electrons. The van der Waals surface area contributed by atoms with Crippen molar-refractivity contribution in [2.75, 3.05) is 0 Å². The van der Waals surface area contributed by atoms with Gasteiger partial charge in [0.1, 0.15) is 11.0 Å². The van der Waals surface area contributed by atoms with E-state index < -0.39 is 23.6 Å². The van der Waals surface area contributed by atoms with E-state index in [1.807, 2.05) is 0 Å². The highest BCUT2D eigenvalue weighted by Gasteiger charge is 2.38. The fourth-order valence-corrected chi connectivity index (χ4v) is 2.29. The second-order valence-corrected chi connectivity index (χ2v) is 4.79. The Hall–Kier alpha value is -0.980. The van der Waals surface area contributed by atoms with Gasteiger partial charge in [-0.3, -0.25) is 0 Å². The Balaban J connectivity index is 2.63. The number of nitrogens with zero attached hydrogens (tertiary/aromatic N) is 2. The number of aromatic nitrogens is 2. The number of rotatable bonds is 2. The topological polar surface area (TPSA) is 17.8 Å². The molecule has 0 aliphatic rings. The average Bonchev–Trinajstić information content (AvgIpc) is 2.69. The maximum absolute atomic E-state index is 13.4. The van der Waals surface area contributed by atoms with E-state index in [0.29, 0.717) is 0 Å². The zero-order valence-corrected chi connectivity index (χ0v) is 11.7. The molecule has 0 unspecified atom stereocenters. The summed E-state index contributed by atoms with van der Waals surface area (Å²) in [5.74, 6) is -1.26. The van der Waals surface area contributed by atoms with Crippen LogP contribution in [0.1, 0.15) is 11.3 Å². The van der Waals surface area contributed by atoms with Crippen LogP contribution in [0.3, 0.4) is 0 Å². The lowest BCUT2D eigenvalue weighted by atomic mass is 10.2. The first-order chi connectivity index (χ1) is 9.25. The van der Waals surface area contributed by atoms with Gasteiger partial charge < -0.3 is 0 Å². The lowest BCUT2D eigenvalue weighted by Crippen LogP contribution is -2.09.